The molecule has 0 spiro atoms. The molecule has 4 N–H and O–H groups in total. The van der Waals surface area contributed by atoms with Crippen molar-refractivity contribution in [2.75, 3.05) is 18.1 Å². The van der Waals surface area contributed by atoms with Crippen molar-refractivity contribution in [3.8, 4) is 0 Å². The lowest BCUT2D eigenvalue weighted by molar-refractivity contribution is 0.265. The number of aryl methyl sites for hydroxylation is 1. The van der Waals surface area contributed by atoms with Crippen molar-refractivity contribution in [2.24, 2.45) is 10.9 Å². The van der Waals surface area contributed by atoms with Crippen molar-refractivity contribution in [3.63, 3.8) is 0 Å². The highest BCUT2D eigenvalue weighted by Gasteiger charge is 2.26. The molecule has 0 aromatic carbocycles. The van der Waals surface area contributed by atoms with E-state index in [1.54, 1.807) is 6.07 Å². The van der Waals surface area contributed by atoms with E-state index in [1.807, 2.05) is 11.8 Å². The van der Waals surface area contributed by atoms with Crippen LogP contribution in [0.3, 0.4) is 0 Å². The summed E-state index contributed by atoms with van der Waals surface area (Å²) in [6.45, 7) is 2.71. The first kappa shape index (κ1) is 12.6. The highest BCUT2D eigenvalue weighted by Crippen LogP contribution is 2.22. The third-order valence-corrected chi connectivity index (χ3v) is 3.06. The van der Waals surface area contributed by atoms with Gasteiger partial charge in [-0.2, -0.15) is 0 Å². The van der Waals surface area contributed by atoms with Crippen LogP contribution < -0.4 is 10.6 Å². The van der Waals surface area contributed by atoms with Crippen LogP contribution in [0.1, 0.15) is 24.2 Å². The minimum absolute atomic E-state index is 0.0403. The maximum absolute atomic E-state index is 9.31. The van der Waals surface area contributed by atoms with Crippen LogP contribution in [0.5, 0.6) is 0 Å². The smallest absolute Gasteiger partial charge is 0.226 e. The summed E-state index contributed by atoms with van der Waals surface area (Å²) in [7, 11) is 0. The Balaban J connectivity index is 2.36. The largest absolute Gasteiger partial charge is 0.409 e. The summed E-state index contributed by atoms with van der Waals surface area (Å²) >= 11 is 0. The normalized spacial score (nSPS) is 20.4. The number of anilines is 1. The van der Waals surface area contributed by atoms with Crippen LogP contribution in [-0.2, 0) is 0 Å². The zero-order chi connectivity index (χ0) is 13.1. The van der Waals surface area contributed by atoms with E-state index in [0.717, 1.165) is 25.1 Å². The first-order valence-corrected chi connectivity index (χ1v) is 5.86. The summed E-state index contributed by atoms with van der Waals surface area (Å²) in [5.41, 5.74) is 6.67. The van der Waals surface area contributed by atoms with Crippen LogP contribution in [0.4, 0.5) is 5.95 Å². The van der Waals surface area contributed by atoms with Crippen molar-refractivity contribution >= 4 is 11.8 Å². The zero-order valence-electron chi connectivity index (χ0n) is 10.2. The predicted octanol–water partition coefficient (Wildman–Crippen LogP) is -0.159. The molecule has 18 heavy (non-hydrogen) atoms. The lowest BCUT2D eigenvalue weighted by Crippen LogP contribution is -2.34. The summed E-state index contributed by atoms with van der Waals surface area (Å²) in [5, 5.41) is 20.9. The topological polar surface area (TPSA) is 108 Å². The number of oxime groups is 1. The van der Waals surface area contributed by atoms with Crippen LogP contribution in [0.25, 0.3) is 0 Å². The molecule has 1 aromatic rings. The average Bonchev–Trinajstić information content (AvgIpc) is 2.85. The number of hydrogen-bond donors (Lipinski definition) is 3. The van der Waals surface area contributed by atoms with Crippen molar-refractivity contribution in [2.45, 2.75) is 25.8 Å². The molecule has 0 saturated carbocycles. The Morgan fingerprint density at radius 2 is 2.39 bits per heavy atom. The molecule has 1 atom stereocenters. The lowest BCUT2D eigenvalue weighted by Gasteiger charge is -2.23. The molecular weight excluding hydrogens is 234 g/mol. The van der Waals surface area contributed by atoms with Crippen molar-refractivity contribution in [1.29, 1.82) is 0 Å². The van der Waals surface area contributed by atoms with Gasteiger partial charge in [-0.15, -0.1) is 0 Å². The first-order valence-electron chi connectivity index (χ1n) is 5.86. The molecular formula is C11H17N5O2. The molecule has 98 valence electrons. The van der Waals surface area contributed by atoms with Gasteiger partial charge in [0.2, 0.25) is 5.95 Å². The van der Waals surface area contributed by atoms with E-state index in [4.69, 9.17) is 10.9 Å². The van der Waals surface area contributed by atoms with E-state index >= 15 is 0 Å². The van der Waals surface area contributed by atoms with Gasteiger partial charge in [0.15, 0.2) is 5.84 Å². The zero-order valence-corrected chi connectivity index (χ0v) is 10.2. The molecule has 1 unspecified atom stereocenters. The van der Waals surface area contributed by atoms with Gasteiger partial charge < -0.3 is 20.9 Å². The van der Waals surface area contributed by atoms with Gasteiger partial charge in [-0.3, -0.25) is 0 Å². The van der Waals surface area contributed by atoms with Crippen LogP contribution in [0.2, 0.25) is 0 Å². The Hall–Kier alpha value is -1.89. The van der Waals surface area contributed by atoms with Crippen molar-refractivity contribution in [1.82, 2.24) is 9.97 Å². The molecule has 1 fully saturated rings. The second kappa shape index (κ2) is 5.18. The summed E-state index contributed by atoms with van der Waals surface area (Å²) < 4.78 is 0. The Bertz CT molecular complexity index is 463. The second-order valence-corrected chi connectivity index (χ2v) is 4.35. The number of aromatic nitrogens is 2. The summed E-state index contributed by atoms with van der Waals surface area (Å²) in [6.07, 6.45) is 1.92. The van der Waals surface area contributed by atoms with Crippen LogP contribution in [0.15, 0.2) is 11.2 Å². The van der Waals surface area contributed by atoms with Gasteiger partial charge in [-0.25, -0.2) is 9.97 Å². The molecule has 7 nitrogen and oxygen atoms in total. The molecule has 1 aromatic heterocycles. The minimum Gasteiger partial charge on any atom is -0.409 e. The molecule has 0 amide bonds. The van der Waals surface area contributed by atoms with Gasteiger partial charge in [0, 0.05) is 12.2 Å². The molecule has 0 aliphatic carbocycles. The minimum atomic E-state index is -0.0403. The van der Waals surface area contributed by atoms with Crippen LogP contribution in [0, 0.1) is 6.92 Å². The molecule has 1 aliphatic rings. The van der Waals surface area contributed by atoms with Crippen molar-refractivity contribution in [3.05, 3.63) is 17.5 Å². The van der Waals surface area contributed by atoms with Gasteiger partial charge in [0.05, 0.1) is 12.6 Å². The number of aliphatic hydroxyl groups excluding tert-OH is 1. The van der Waals surface area contributed by atoms with Gasteiger partial charge in [0.1, 0.15) is 5.69 Å². The summed E-state index contributed by atoms with van der Waals surface area (Å²) in [4.78, 5) is 10.6. The predicted molar refractivity (Wildman–Crippen MR) is 66.7 cm³/mol. The van der Waals surface area contributed by atoms with Crippen molar-refractivity contribution < 1.29 is 10.3 Å². The van der Waals surface area contributed by atoms with E-state index in [-0.39, 0.29) is 18.5 Å². The third-order valence-electron chi connectivity index (χ3n) is 3.06. The Morgan fingerprint density at radius 3 is 3.06 bits per heavy atom. The standard InChI is InChI=1S/C11H17N5O2/c1-7-5-9(10(12)15-18)14-11(13-7)16-4-2-3-8(16)6-17/h5,8,17-18H,2-4,6H2,1H3,(H2,12,15). The number of nitrogens with two attached hydrogens (primary N) is 1. The van der Waals surface area contributed by atoms with Gasteiger partial charge in [0.25, 0.3) is 0 Å². The number of rotatable bonds is 3. The molecule has 1 aliphatic heterocycles. The fourth-order valence-corrected chi connectivity index (χ4v) is 2.15. The monoisotopic (exact) mass is 251 g/mol. The van der Waals surface area contributed by atoms with Crippen LogP contribution in [-0.4, -0.2) is 45.3 Å². The van der Waals surface area contributed by atoms with Crippen LogP contribution >= 0.6 is 0 Å². The highest BCUT2D eigenvalue weighted by molar-refractivity contribution is 5.95. The fourth-order valence-electron chi connectivity index (χ4n) is 2.15. The second-order valence-electron chi connectivity index (χ2n) is 4.35. The molecule has 2 heterocycles. The highest BCUT2D eigenvalue weighted by atomic mass is 16.4. The number of aliphatic hydroxyl groups is 1. The Morgan fingerprint density at radius 1 is 1.61 bits per heavy atom. The SMILES string of the molecule is Cc1cc(/C(N)=N/O)nc(N2CCCC2CO)n1. The Labute approximate surface area is 105 Å². The summed E-state index contributed by atoms with van der Waals surface area (Å²) in [6, 6.07) is 1.70. The maximum atomic E-state index is 9.31. The number of amidine groups is 1. The van der Waals surface area contributed by atoms with E-state index < -0.39 is 0 Å². The third kappa shape index (κ3) is 2.35. The molecule has 2 rings (SSSR count). The summed E-state index contributed by atoms with van der Waals surface area (Å²) in [5.74, 6) is 0.481. The van der Waals surface area contributed by atoms with Gasteiger partial charge in [-0.05, 0) is 25.8 Å². The fraction of sp³-hybridized carbons (Fsp3) is 0.545. The number of nitrogens with zero attached hydrogens (tertiary/aromatic N) is 4. The van der Waals surface area contributed by atoms with E-state index in [1.165, 1.54) is 0 Å². The van der Waals surface area contributed by atoms with Gasteiger partial charge in [-0.1, -0.05) is 5.16 Å². The Kier molecular flexibility index (Phi) is 3.61. The van der Waals surface area contributed by atoms with Gasteiger partial charge >= 0.3 is 0 Å². The lowest BCUT2D eigenvalue weighted by atomic mass is 10.2. The van der Waals surface area contributed by atoms with E-state index in [2.05, 4.69) is 15.1 Å². The molecule has 0 radical (unpaired) electrons. The molecule has 1 saturated heterocycles. The van der Waals surface area contributed by atoms with E-state index in [9.17, 15) is 5.11 Å². The van der Waals surface area contributed by atoms with E-state index in [0.29, 0.717) is 11.6 Å². The maximum Gasteiger partial charge on any atom is 0.226 e. The quantitative estimate of drug-likeness (QED) is 0.298. The first-order chi connectivity index (χ1) is 8.65. The number of hydrogen-bond acceptors (Lipinski definition) is 6. The average molecular weight is 251 g/mol. The molecule has 0 bridgehead atoms. The molecule has 7 heteroatoms.